The molecule has 6 rings (SSSR count). The Bertz CT molecular complexity index is 856. The Morgan fingerprint density at radius 2 is 1.59 bits per heavy atom. The van der Waals surface area contributed by atoms with Crippen LogP contribution in [0, 0.1) is 30.0 Å². The number of benzene rings is 2. The summed E-state index contributed by atoms with van der Waals surface area (Å²) < 4.78 is 13.2. The van der Waals surface area contributed by atoms with Gasteiger partial charge in [-0.2, -0.15) is 0 Å². The number of hydrogen-bond donors (Lipinski definition) is 1. The number of rotatable bonds is 3. The van der Waals surface area contributed by atoms with Crippen LogP contribution in [0.1, 0.15) is 49.7 Å². The van der Waals surface area contributed by atoms with E-state index < -0.39 is 0 Å². The Kier molecular flexibility index (Phi) is 3.72. The van der Waals surface area contributed by atoms with Gasteiger partial charge >= 0.3 is 0 Å². The molecular formula is C24H26FNO. The molecule has 2 atom stereocenters. The first-order valence-corrected chi connectivity index (χ1v) is 10.1. The second kappa shape index (κ2) is 5.92. The number of amides is 1. The summed E-state index contributed by atoms with van der Waals surface area (Å²) in [6, 6.07) is 15.1. The first-order valence-electron chi connectivity index (χ1n) is 10.1. The minimum Gasteiger partial charge on any atom is -0.326 e. The first kappa shape index (κ1) is 17.0. The van der Waals surface area contributed by atoms with Crippen LogP contribution < -0.4 is 5.32 Å². The van der Waals surface area contributed by atoms with Crippen molar-refractivity contribution in [3.63, 3.8) is 0 Å². The Hall–Kier alpha value is -2.16. The lowest BCUT2D eigenvalue weighted by atomic mass is 9.42. The van der Waals surface area contributed by atoms with E-state index in [-0.39, 0.29) is 22.6 Å². The Morgan fingerprint density at radius 3 is 2.22 bits per heavy atom. The van der Waals surface area contributed by atoms with Crippen LogP contribution in [-0.2, 0) is 10.2 Å². The van der Waals surface area contributed by atoms with Gasteiger partial charge in [-0.05, 0) is 92.5 Å². The maximum absolute atomic E-state index is 13.4. The molecule has 0 heterocycles. The lowest BCUT2D eigenvalue weighted by molar-refractivity contribution is -0.143. The van der Waals surface area contributed by atoms with Gasteiger partial charge in [0.05, 0.1) is 5.41 Å². The predicted molar refractivity (Wildman–Crippen MR) is 105 cm³/mol. The van der Waals surface area contributed by atoms with Crippen LogP contribution in [-0.4, -0.2) is 5.91 Å². The molecule has 2 aromatic rings. The highest BCUT2D eigenvalue weighted by atomic mass is 19.1. The fourth-order valence-corrected chi connectivity index (χ4v) is 6.57. The van der Waals surface area contributed by atoms with E-state index in [0.29, 0.717) is 17.5 Å². The van der Waals surface area contributed by atoms with Crippen LogP contribution in [0.4, 0.5) is 10.1 Å². The van der Waals surface area contributed by atoms with Gasteiger partial charge in [-0.1, -0.05) is 29.8 Å². The van der Waals surface area contributed by atoms with Crippen molar-refractivity contribution in [1.29, 1.82) is 0 Å². The molecule has 3 heteroatoms. The van der Waals surface area contributed by atoms with Crippen LogP contribution in [0.3, 0.4) is 0 Å². The summed E-state index contributed by atoms with van der Waals surface area (Å²) in [7, 11) is 0. The topological polar surface area (TPSA) is 29.1 Å². The molecule has 1 N–H and O–H groups in total. The fourth-order valence-electron chi connectivity index (χ4n) is 6.57. The number of halogens is 1. The van der Waals surface area contributed by atoms with E-state index in [4.69, 9.17) is 0 Å². The molecule has 4 aliphatic rings. The SMILES string of the molecule is Cc1ccc(C23C[C@H]4C[C@@H](CC(C(=O)Nc5ccc(F)cc5)(C4)C2)C3)cc1. The molecule has 27 heavy (non-hydrogen) atoms. The lowest BCUT2D eigenvalue weighted by Gasteiger charge is -2.61. The molecule has 0 saturated heterocycles. The van der Waals surface area contributed by atoms with Gasteiger partial charge in [0.2, 0.25) is 5.91 Å². The zero-order valence-electron chi connectivity index (χ0n) is 15.8. The first-order chi connectivity index (χ1) is 13.0. The third-order valence-electron chi connectivity index (χ3n) is 7.31. The van der Waals surface area contributed by atoms with Crippen molar-refractivity contribution in [2.45, 2.75) is 50.9 Å². The average Bonchev–Trinajstić information content (AvgIpc) is 2.63. The number of carbonyl (C=O) groups is 1. The van der Waals surface area contributed by atoms with Crippen LogP contribution in [0.5, 0.6) is 0 Å². The van der Waals surface area contributed by atoms with Gasteiger partial charge in [-0.25, -0.2) is 4.39 Å². The monoisotopic (exact) mass is 363 g/mol. The van der Waals surface area contributed by atoms with Crippen molar-refractivity contribution in [2.24, 2.45) is 17.3 Å². The van der Waals surface area contributed by atoms with Gasteiger partial charge < -0.3 is 5.32 Å². The largest absolute Gasteiger partial charge is 0.326 e. The van der Waals surface area contributed by atoms with Gasteiger partial charge in [0.15, 0.2) is 0 Å². The molecule has 140 valence electrons. The summed E-state index contributed by atoms with van der Waals surface area (Å²) in [5, 5.41) is 3.10. The van der Waals surface area contributed by atoms with Crippen molar-refractivity contribution in [3.8, 4) is 0 Å². The molecule has 1 amide bonds. The van der Waals surface area contributed by atoms with Crippen molar-refractivity contribution in [2.75, 3.05) is 5.32 Å². The van der Waals surface area contributed by atoms with Gasteiger partial charge in [-0.15, -0.1) is 0 Å². The second-order valence-electron chi connectivity index (χ2n) is 9.35. The molecule has 4 aliphatic carbocycles. The van der Waals surface area contributed by atoms with E-state index >= 15 is 0 Å². The van der Waals surface area contributed by atoms with Crippen LogP contribution in [0.2, 0.25) is 0 Å². The predicted octanol–water partition coefficient (Wildman–Crippen LogP) is 5.61. The van der Waals surface area contributed by atoms with Crippen molar-refractivity contribution in [1.82, 2.24) is 0 Å². The van der Waals surface area contributed by atoms with Gasteiger partial charge in [0, 0.05) is 5.69 Å². The normalized spacial score (nSPS) is 33.9. The fraction of sp³-hybridized carbons (Fsp3) is 0.458. The maximum atomic E-state index is 13.4. The van der Waals surface area contributed by atoms with Crippen molar-refractivity contribution >= 4 is 11.6 Å². The summed E-state index contributed by atoms with van der Waals surface area (Å²) >= 11 is 0. The Labute approximate surface area is 160 Å². The molecule has 4 fully saturated rings. The Balaban J connectivity index is 1.46. The summed E-state index contributed by atoms with van der Waals surface area (Å²) in [5.74, 6) is 1.15. The summed E-state index contributed by atoms with van der Waals surface area (Å²) in [5.41, 5.74) is 3.27. The molecule has 0 aromatic heterocycles. The Morgan fingerprint density at radius 1 is 0.963 bits per heavy atom. The minimum atomic E-state index is -0.277. The highest BCUT2D eigenvalue weighted by Crippen LogP contribution is 2.66. The number of nitrogens with one attached hydrogen (secondary N) is 1. The number of hydrogen-bond acceptors (Lipinski definition) is 1. The molecule has 2 nitrogen and oxygen atoms in total. The number of carbonyl (C=O) groups excluding carboxylic acids is 1. The average molecular weight is 363 g/mol. The van der Waals surface area contributed by atoms with E-state index in [1.807, 2.05) is 0 Å². The van der Waals surface area contributed by atoms with Crippen LogP contribution in [0.25, 0.3) is 0 Å². The summed E-state index contributed by atoms with van der Waals surface area (Å²) in [6.07, 6.45) is 6.67. The minimum absolute atomic E-state index is 0.139. The molecule has 0 unspecified atom stereocenters. The summed E-state index contributed by atoms with van der Waals surface area (Å²) in [4.78, 5) is 13.4. The third kappa shape index (κ3) is 2.79. The van der Waals surface area contributed by atoms with E-state index in [1.165, 1.54) is 42.5 Å². The van der Waals surface area contributed by atoms with E-state index in [2.05, 4.69) is 36.5 Å². The lowest BCUT2D eigenvalue weighted by Crippen LogP contribution is -2.57. The summed E-state index contributed by atoms with van der Waals surface area (Å²) in [6.45, 7) is 2.13. The van der Waals surface area contributed by atoms with E-state index in [1.54, 1.807) is 12.1 Å². The quantitative estimate of drug-likeness (QED) is 0.754. The molecule has 0 spiro atoms. The maximum Gasteiger partial charge on any atom is 0.230 e. The smallest absolute Gasteiger partial charge is 0.230 e. The van der Waals surface area contributed by atoms with Gasteiger partial charge in [0.1, 0.15) is 5.82 Å². The van der Waals surface area contributed by atoms with Crippen LogP contribution in [0.15, 0.2) is 48.5 Å². The van der Waals surface area contributed by atoms with E-state index in [0.717, 1.165) is 19.3 Å². The molecule has 0 radical (unpaired) electrons. The third-order valence-corrected chi connectivity index (χ3v) is 7.31. The second-order valence-corrected chi connectivity index (χ2v) is 9.35. The molecule has 4 bridgehead atoms. The van der Waals surface area contributed by atoms with Crippen molar-refractivity contribution in [3.05, 3.63) is 65.5 Å². The zero-order valence-corrected chi connectivity index (χ0v) is 15.8. The zero-order chi connectivity index (χ0) is 18.6. The standard InChI is InChI=1S/C24H26FNO/c1-16-2-4-19(5-3-16)23-11-17-10-18(12-23)14-24(13-17,15-23)22(27)26-21-8-6-20(25)7-9-21/h2-9,17-18H,10-15H2,1H3,(H,26,27)/t17-,18-,23?,24?/m1/s1. The van der Waals surface area contributed by atoms with E-state index in [9.17, 15) is 9.18 Å². The van der Waals surface area contributed by atoms with Crippen molar-refractivity contribution < 1.29 is 9.18 Å². The molecule has 4 saturated carbocycles. The highest BCUT2D eigenvalue weighted by molar-refractivity contribution is 5.95. The molecular weight excluding hydrogens is 337 g/mol. The molecule has 2 aromatic carbocycles. The van der Waals surface area contributed by atoms with Gasteiger partial charge in [-0.3, -0.25) is 4.79 Å². The van der Waals surface area contributed by atoms with Gasteiger partial charge in [0.25, 0.3) is 0 Å². The van der Waals surface area contributed by atoms with Crippen LogP contribution >= 0.6 is 0 Å². The number of anilines is 1. The number of aryl methyl sites for hydroxylation is 1. The molecule has 0 aliphatic heterocycles. The highest BCUT2D eigenvalue weighted by Gasteiger charge is 2.60.